The van der Waals surface area contributed by atoms with E-state index in [1.165, 1.54) is 14.2 Å². The summed E-state index contributed by atoms with van der Waals surface area (Å²) in [4.78, 5) is 11.8. The van der Waals surface area contributed by atoms with Crippen LogP contribution < -0.4 is 14.2 Å². The maximum absolute atomic E-state index is 11.8. The van der Waals surface area contributed by atoms with Gasteiger partial charge in [0.2, 0.25) is 0 Å². The summed E-state index contributed by atoms with van der Waals surface area (Å²) in [7, 11) is 3.05. The second-order valence-electron chi connectivity index (χ2n) is 6.42. The van der Waals surface area contributed by atoms with Crippen molar-refractivity contribution in [1.82, 2.24) is 0 Å². The number of hydrogen-bond acceptors (Lipinski definition) is 4. The minimum atomic E-state index is -1.03. The fourth-order valence-corrected chi connectivity index (χ4v) is 2.81. The molecule has 0 unspecified atom stereocenters. The van der Waals surface area contributed by atoms with Crippen molar-refractivity contribution in [3.63, 3.8) is 0 Å². The minimum absolute atomic E-state index is 0.151. The molecule has 3 aromatic carbocycles. The van der Waals surface area contributed by atoms with Gasteiger partial charge in [0, 0.05) is 0 Å². The van der Waals surface area contributed by atoms with Gasteiger partial charge in [-0.1, -0.05) is 35.9 Å². The van der Waals surface area contributed by atoms with Crippen molar-refractivity contribution in [2.45, 2.75) is 6.92 Å². The zero-order valence-corrected chi connectivity index (χ0v) is 16.5. The molecule has 0 fully saturated rings. The van der Waals surface area contributed by atoms with Gasteiger partial charge in [-0.2, -0.15) is 0 Å². The van der Waals surface area contributed by atoms with Crippen LogP contribution in [-0.2, 0) is 4.79 Å². The molecule has 1 N–H and O–H groups in total. The molecule has 148 valence electrons. The van der Waals surface area contributed by atoms with Gasteiger partial charge in [-0.05, 0) is 60.5 Å². The lowest BCUT2D eigenvalue weighted by molar-refractivity contribution is -0.130. The number of methoxy groups -OCH3 is 2. The van der Waals surface area contributed by atoms with E-state index in [1.54, 1.807) is 36.4 Å². The molecule has 0 aromatic heterocycles. The lowest BCUT2D eigenvalue weighted by Gasteiger charge is -2.10. The Morgan fingerprint density at radius 2 is 1.41 bits per heavy atom. The van der Waals surface area contributed by atoms with Crippen LogP contribution in [0.4, 0.5) is 0 Å². The molecule has 0 saturated carbocycles. The van der Waals surface area contributed by atoms with Gasteiger partial charge in [-0.15, -0.1) is 0 Å². The van der Waals surface area contributed by atoms with E-state index in [2.05, 4.69) is 0 Å². The van der Waals surface area contributed by atoms with Crippen LogP contribution in [0.1, 0.15) is 16.7 Å². The van der Waals surface area contributed by atoms with Crippen molar-refractivity contribution < 1.29 is 24.1 Å². The fourth-order valence-electron chi connectivity index (χ4n) is 2.81. The van der Waals surface area contributed by atoms with Crippen LogP contribution in [0, 0.1) is 6.92 Å². The van der Waals surface area contributed by atoms with E-state index in [4.69, 9.17) is 14.2 Å². The van der Waals surface area contributed by atoms with Gasteiger partial charge in [-0.3, -0.25) is 0 Å². The number of rotatable bonds is 7. The molecule has 0 spiro atoms. The highest BCUT2D eigenvalue weighted by Gasteiger charge is 2.14. The van der Waals surface area contributed by atoms with E-state index in [9.17, 15) is 9.90 Å². The Morgan fingerprint density at radius 1 is 0.828 bits per heavy atom. The number of ether oxygens (including phenoxy) is 3. The van der Waals surface area contributed by atoms with Gasteiger partial charge in [0.25, 0.3) is 0 Å². The zero-order valence-electron chi connectivity index (χ0n) is 16.5. The number of carboxylic acid groups (broad SMARTS) is 1. The fraction of sp³-hybridized carbons (Fsp3) is 0.125. The highest BCUT2D eigenvalue weighted by Crippen LogP contribution is 2.31. The molecule has 29 heavy (non-hydrogen) atoms. The average molecular weight is 390 g/mol. The summed E-state index contributed by atoms with van der Waals surface area (Å²) in [6.45, 7) is 2.02. The number of carboxylic acids is 1. The molecule has 3 aromatic rings. The Balaban J connectivity index is 1.85. The quantitative estimate of drug-likeness (QED) is 0.430. The molecule has 0 amide bonds. The van der Waals surface area contributed by atoms with Gasteiger partial charge in [0.1, 0.15) is 11.5 Å². The second-order valence-corrected chi connectivity index (χ2v) is 6.42. The summed E-state index contributed by atoms with van der Waals surface area (Å²) in [6, 6.07) is 20.0. The normalized spacial score (nSPS) is 11.1. The summed E-state index contributed by atoms with van der Waals surface area (Å²) in [5, 5.41) is 9.68. The van der Waals surface area contributed by atoms with Crippen LogP contribution in [0.15, 0.2) is 66.7 Å². The van der Waals surface area contributed by atoms with Crippen LogP contribution in [0.2, 0.25) is 0 Å². The SMILES string of the molecule is COc1ccc(/C(=C/c2ccc(Oc3ccc(C)cc3)cc2)C(=O)O)cc1OC. The van der Waals surface area contributed by atoms with E-state index in [0.29, 0.717) is 22.8 Å². The van der Waals surface area contributed by atoms with Gasteiger partial charge < -0.3 is 19.3 Å². The number of benzene rings is 3. The predicted molar refractivity (Wildman–Crippen MR) is 113 cm³/mol. The van der Waals surface area contributed by atoms with Crippen molar-refractivity contribution >= 4 is 17.6 Å². The van der Waals surface area contributed by atoms with E-state index < -0.39 is 5.97 Å². The molecular weight excluding hydrogens is 368 g/mol. The molecule has 5 heteroatoms. The molecule has 0 aliphatic carbocycles. The van der Waals surface area contributed by atoms with Gasteiger partial charge in [0.15, 0.2) is 11.5 Å². The molecule has 0 heterocycles. The Labute approximate surface area is 169 Å². The van der Waals surface area contributed by atoms with E-state index in [-0.39, 0.29) is 5.57 Å². The third-order valence-electron chi connectivity index (χ3n) is 4.37. The van der Waals surface area contributed by atoms with Crippen LogP contribution in [0.25, 0.3) is 11.6 Å². The smallest absolute Gasteiger partial charge is 0.336 e. The number of aliphatic carboxylic acids is 1. The number of aryl methyl sites for hydroxylation is 1. The Kier molecular flexibility index (Phi) is 6.19. The number of carbonyl (C=O) groups is 1. The first kappa shape index (κ1) is 20.0. The molecule has 5 nitrogen and oxygen atoms in total. The van der Waals surface area contributed by atoms with Gasteiger partial charge in [-0.25, -0.2) is 4.79 Å². The van der Waals surface area contributed by atoms with E-state index in [0.717, 1.165) is 16.9 Å². The molecule has 3 rings (SSSR count). The molecule has 0 atom stereocenters. The predicted octanol–water partition coefficient (Wildman–Crippen LogP) is 5.43. The zero-order chi connectivity index (χ0) is 20.8. The van der Waals surface area contributed by atoms with E-state index >= 15 is 0 Å². The van der Waals surface area contributed by atoms with Crippen LogP contribution >= 0.6 is 0 Å². The summed E-state index contributed by atoms with van der Waals surface area (Å²) in [5.74, 6) is 1.40. The lowest BCUT2D eigenvalue weighted by atomic mass is 10.0. The average Bonchev–Trinajstić information content (AvgIpc) is 2.74. The molecule has 0 aliphatic heterocycles. The van der Waals surface area contributed by atoms with Crippen molar-refractivity contribution in [1.29, 1.82) is 0 Å². The molecular formula is C24H22O5. The maximum Gasteiger partial charge on any atom is 0.336 e. The molecule has 0 saturated heterocycles. The van der Waals surface area contributed by atoms with E-state index in [1.807, 2.05) is 43.3 Å². The first-order valence-corrected chi connectivity index (χ1v) is 9.02. The molecule has 0 bridgehead atoms. The first-order chi connectivity index (χ1) is 14.0. The summed E-state index contributed by atoms with van der Waals surface area (Å²) in [5.41, 5.74) is 2.58. The van der Waals surface area contributed by atoms with Crippen molar-refractivity contribution in [3.05, 3.63) is 83.4 Å². The van der Waals surface area contributed by atoms with Gasteiger partial charge >= 0.3 is 5.97 Å². The monoisotopic (exact) mass is 390 g/mol. The van der Waals surface area contributed by atoms with Crippen molar-refractivity contribution in [3.8, 4) is 23.0 Å². The highest BCUT2D eigenvalue weighted by atomic mass is 16.5. The maximum atomic E-state index is 11.8. The van der Waals surface area contributed by atoms with Crippen LogP contribution in [0.5, 0.6) is 23.0 Å². The largest absolute Gasteiger partial charge is 0.493 e. The topological polar surface area (TPSA) is 65.0 Å². The minimum Gasteiger partial charge on any atom is -0.493 e. The molecule has 0 aliphatic rings. The van der Waals surface area contributed by atoms with Crippen molar-refractivity contribution in [2.75, 3.05) is 14.2 Å². The summed E-state index contributed by atoms with van der Waals surface area (Å²) in [6.07, 6.45) is 1.61. The first-order valence-electron chi connectivity index (χ1n) is 9.02. The van der Waals surface area contributed by atoms with Gasteiger partial charge in [0.05, 0.1) is 19.8 Å². The highest BCUT2D eigenvalue weighted by molar-refractivity contribution is 6.20. The van der Waals surface area contributed by atoms with Crippen LogP contribution in [-0.4, -0.2) is 25.3 Å². The van der Waals surface area contributed by atoms with Crippen LogP contribution in [0.3, 0.4) is 0 Å². The van der Waals surface area contributed by atoms with Crippen molar-refractivity contribution in [2.24, 2.45) is 0 Å². The third-order valence-corrected chi connectivity index (χ3v) is 4.37. The lowest BCUT2D eigenvalue weighted by Crippen LogP contribution is -2.01. The standard InChI is InChI=1S/C24H22O5/c1-16-4-9-19(10-5-16)29-20-11-6-17(7-12-20)14-21(24(25)26)18-8-13-22(27-2)23(15-18)28-3/h4-15H,1-3H3,(H,25,26)/b21-14-. The second kappa shape index (κ2) is 8.97. The third kappa shape index (κ3) is 4.96. The summed E-state index contributed by atoms with van der Waals surface area (Å²) < 4.78 is 16.3. The Hall–Kier alpha value is -3.73. The molecule has 0 radical (unpaired) electrons. The number of hydrogen-bond donors (Lipinski definition) is 1. The summed E-state index contributed by atoms with van der Waals surface area (Å²) >= 11 is 0. The Bertz CT molecular complexity index is 1020. The Morgan fingerprint density at radius 3 is 1.97 bits per heavy atom.